The van der Waals surface area contributed by atoms with Crippen LogP contribution in [-0.4, -0.2) is 13.2 Å². The second kappa shape index (κ2) is 3.14. The van der Waals surface area contributed by atoms with E-state index in [0.29, 0.717) is 0 Å². The summed E-state index contributed by atoms with van der Waals surface area (Å²) in [6.07, 6.45) is 5.69. The number of ether oxygens (including phenoxy) is 1. The summed E-state index contributed by atoms with van der Waals surface area (Å²) >= 11 is 0. The van der Waals surface area contributed by atoms with E-state index in [2.05, 4.69) is 6.92 Å². The van der Waals surface area contributed by atoms with Gasteiger partial charge in [0.05, 0.1) is 0 Å². The Morgan fingerprint density at radius 3 is 2.82 bits per heavy atom. The molecular formula is C10H18O. The van der Waals surface area contributed by atoms with Crippen molar-refractivity contribution in [3.8, 4) is 0 Å². The normalized spacial score (nSPS) is 42.8. The highest BCUT2D eigenvalue weighted by molar-refractivity contribution is 4.87. The van der Waals surface area contributed by atoms with Crippen LogP contribution in [0.25, 0.3) is 0 Å². The van der Waals surface area contributed by atoms with Crippen LogP contribution < -0.4 is 0 Å². The third kappa shape index (κ3) is 1.76. The minimum atomic E-state index is 0.913. The molecule has 1 heterocycles. The molecule has 0 aromatic heterocycles. The van der Waals surface area contributed by atoms with Crippen LogP contribution in [-0.2, 0) is 4.74 Å². The van der Waals surface area contributed by atoms with Gasteiger partial charge < -0.3 is 4.74 Å². The molecule has 1 nitrogen and oxygen atoms in total. The first-order valence-corrected chi connectivity index (χ1v) is 4.98. The van der Waals surface area contributed by atoms with E-state index in [1.807, 2.05) is 0 Å². The van der Waals surface area contributed by atoms with Gasteiger partial charge in [-0.25, -0.2) is 0 Å². The number of hydrogen-bond acceptors (Lipinski definition) is 1. The molecule has 3 atom stereocenters. The molecule has 0 amide bonds. The van der Waals surface area contributed by atoms with Crippen LogP contribution in [0.3, 0.4) is 0 Å². The van der Waals surface area contributed by atoms with Gasteiger partial charge in [0.2, 0.25) is 0 Å². The predicted octanol–water partition coefficient (Wildman–Crippen LogP) is 2.46. The average molecular weight is 154 g/mol. The van der Waals surface area contributed by atoms with E-state index in [9.17, 15) is 0 Å². The van der Waals surface area contributed by atoms with Gasteiger partial charge >= 0.3 is 0 Å². The van der Waals surface area contributed by atoms with Gasteiger partial charge in [-0.3, -0.25) is 0 Å². The van der Waals surface area contributed by atoms with Crippen molar-refractivity contribution < 1.29 is 4.74 Å². The standard InChI is InChI=1S/C10H18O/c1-2-9-6-10(9)5-8-3-4-11-7-8/h8-10H,2-7H2,1H3. The largest absolute Gasteiger partial charge is 0.381 e. The molecule has 2 rings (SSSR count). The summed E-state index contributed by atoms with van der Waals surface area (Å²) < 4.78 is 5.35. The SMILES string of the molecule is CCC1CC1CC1CCOC1. The Labute approximate surface area is 69.1 Å². The Balaban J connectivity index is 1.66. The second-order valence-electron chi connectivity index (χ2n) is 4.13. The number of hydrogen-bond donors (Lipinski definition) is 0. The van der Waals surface area contributed by atoms with Crippen molar-refractivity contribution in [1.82, 2.24) is 0 Å². The van der Waals surface area contributed by atoms with E-state index in [-0.39, 0.29) is 0 Å². The zero-order valence-corrected chi connectivity index (χ0v) is 7.38. The molecule has 0 spiro atoms. The summed E-state index contributed by atoms with van der Waals surface area (Å²) in [5.41, 5.74) is 0. The Kier molecular flexibility index (Phi) is 2.17. The molecule has 1 aliphatic heterocycles. The fourth-order valence-corrected chi connectivity index (χ4v) is 2.30. The first kappa shape index (κ1) is 7.60. The second-order valence-corrected chi connectivity index (χ2v) is 4.13. The van der Waals surface area contributed by atoms with Crippen LogP contribution in [0.5, 0.6) is 0 Å². The Hall–Kier alpha value is -0.0400. The summed E-state index contributed by atoms with van der Waals surface area (Å²) in [5, 5.41) is 0. The lowest BCUT2D eigenvalue weighted by atomic mass is 10.0. The topological polar surface area (TPSA) is 9.23 Å². The van der Waals surface area contributed by atoms with Crippen molar-refractivity contribution in [2.45, 2.75) is 32.6 Å². The van der Waals surface area contributed by atoms with E-state index in [1.165, 1.54) is 25.7 Å². The Bertz CT molecular complexity index is 127. The molecule has 0 aromatic carbocycles. The molecule has 0 N–H and O–H groups in total. The molecule has 1 aliphatic carbocycles. The maximum Gasteiger partial charge on any atom is 0.0495 e. The van der Waals surface area contributed by atoms with E-state index >= 15 is 0 Å². The van der Waals surface area contributed by atoms with Crippen LogP contribution in [0, 0.1) is 17.8 Å². The summed E-state index contributed by atoms with van der Waals surface area (Å²) in [7, 11) is 0. The van der Waals surface area contributed by atoms with E-state index in [1.54, 1.807) is 0 Å². The van der Waals surface area contributed by atoms with Crippen LogP contribution in [0.2, 0.25) is 0 Å². The van der Waals surface area contributed by atoms with Gasteiger partial charge in [0.1, 0.15) is 0 Å². The van der Waals surface area contributed by atoms with Gasteiger partial charge in [-0.1, -0.05) is 13.3 Å². The summed E-state index contributed by atoms with van der Waals surface area (Å²) in [4.78, 5) is 0. The Morgan fingerprint density at radius 2 is 2.27 bits per heavy atom. The van der Waals surface area contributed by atoms with Crippen LogP contribution in [0.15, 0.2) is 0 Å². The summed E-state index contributed by atoms with van der Waals surface area (Å²) in [6.45, 7) is 4.39. The molecule has 1 saturated heterocycles. The van der Waals surface area contributed by atoms with Crippen molar-refractivity contribution in [2.24, 2.45) is 17.8 Å². The van der Waals surface area contributed by atoms with E-state index < -0.39 is 0 Å². The lowest BCUT2D eigenvalue weighted by molar-refractivity contribution is 0.182. The smallest absolute Gasteiger partial charge is 0.0495 e. The van der Waals surface area contributed by atoms with Crippen LogP contribution in [0.1, 0.15) is 32.6 Å². The lowest BCUT2D eigenvalue weighted by Gasteiger charge is -2.04. The molecule has 1 heteroatoms. The molecule has 3 unspecified atom stereocenters. The zero-order chi connectivity index (χ0) is 7.68. The molecule has 11 heavy (non-hydrogen) atoms. The maximum atomic E-state index is 5.35. The summed E-state index contributed by atoms with van der Waals surface area (Å²) in [5.74, 6) is 3.07. The van der Waals surface area contributed by atoms with Gasteiger partial charge in [-0.05, 0) is 37.0 Å². The third-order valence-electron chi connectivity index (χ3n) is 3.25. The van der Waals surface area contributed by atoms with Gasteiger partial charge in [-0.15, -0.1) is 0 Å². The fourth-order valence-electron chi connectivity index (χ4n) is 2.30. The van der Waals surface area contributed by atoms with Gasteiger partial charge in [0.15, 0.2) is 0 Å². The molecule has 64 valence electrons. The van der Waals surface area contributed by atoms with Crippen LogP contribution >= 0.6 is 0 Å². The maximum absolute atomic E-state index is 5.35. The molecule has 0 bridgehead atoms. The van der Waals surface area contributed by atoms with Crippen molar-refractivity contribution in [2.75, 3.05) is 13.2 Å². The zero-order valence-electron chi connectivity index (χ0n) is 7.38. The first-order valence-electron chi connectivity index (χ1n) is 4.98. The van der Waals surface area contributed by atoms with Crippen molar-refractivity contribution in [3.63, 3.8) is 0 Å². The molecular weight excluding hydrogens is 136 g/mol. The van der Waals surface area contributed by atoms with Gasteiger partial charge in [0, 0.05) is 13.2 Å². The minimum absolute atomic E-state index is 0.913. The minimum Gasteiger partial charge on any atom is -0.381 e. The average Bonchev–Trinajstić information content (AvgIpc) is 2.54. The van der Waals surface area contributed by atoms with E-state index in [0.717, 1.165) is 31.0 Å². The predicted molar refractivity (Wildman–Crippen MR) is 45.4 cm³/mol. The monoisotopic (exact) mass is 154 g/mol. The Morgan fingerprint density at radius 1 is 1.36 bits per heavy atom. The highest BCUT2D eigenvalue weighted by atomic mass is 16.5. The van der Waals surface area contributed by atoms with Crippen molar-refractivity contribution in [1.29, 1.82) is 0 Å². The molecule has 1 saturated carbocycles. The number of rotatable bonds is 3. The van der Waals surface area contributed by atoms with Crippen molar-refractivity contribution >= 4 is 0 Å². The first-order chi connectivity index (χ1) is 5.40. The third-order valence-corrected chi connectivity index (χ3v) is 3.25. The van der Waals surface area contributed by atoms with Crippen molar-refractivity contribution in [3.05, 3.63) is 0 Å². The highest BCUT2D eigenvalue weighted by Gasteiger charge is 2.37. The quantitative estimate of drug-likeness (QED) is 0.606. The van der Waals surface area contributed by atoms with E-state index in [4.69, 9.17) is 4.74 Å². The molecule has 2 aliphatic rings. The van der Waals surface area contributed by atoms with Gasteiger partial charge in [-0.2, -0.15) is 0 Å². The fraction of sp³-hybridized carbons (Fsp3) is 1.00. The lowest BCUT2D eigenvalue weighted by Crippen LogP contribution is -2.00. The molecule has 0 radical (unpaired) electrons. The van der Waals surface area contributed by atoms with Crippen LogP contribution in [0.4, 0.5) is 0 Å². The van der Waals surface area contributed by atoms with Gasteiger partial charge in [0.25, 0.3) is 0 Å². The highest BCUT2D eigenvalue weighted by Crippen LogP contribution is 2.46. The molecule has 0 aromatic rings. The molecule has 2 fully saturated rings. The summed E-state index contributed by atoms with van der Waals surface area (Å²) in [6, 6.07) is 0.